The Bertz CT molecular complexity index is 412. The van der Waals surface area contributed by atoms with Crippen LogP contribution in [0.5, 0.6) is 0 Å². The van der Waals surface area contributed by atoms with Crippen LogP contribution in [0, 0.1) is 5.92 Å². The van der Waals surface area contributed by atoms with Crippen molar-refractivity contribution < 1.29 is 4.79 Å². The summed E-state index contributed by atoms with van der Waals surface area (Å²) in [4.78, 5) is 18.3. The zero-order valence-corrected chi connectivity index (χ0v) is 12.9. The molecule has 0 aromatic carbocycles. The Morgan fingerprint density at radius 2 is 2.00 bits per heavy atom. The monoisotopic (exact) mass is 278 g/mol. The lowest BCUT2D eigenvalue weighted by Gasteiger charge is -2.31. The number of pyridine rings is 1. The van der Waals surface area contributed by atoms with Crippen molar-refractivity contribution in [3.05, 3.63) is 24.0 Å². The van der Waals surface area contributed by atoms with Crippen LogP contribution in [-0.2, 0) is 0 Å². The van der Waals surface area contributed by atoms with E-state index in [1.807, 2.05) is 0 Å². The van der Waals surface area contributed by atoms with E-state index in [4.69, 9.17) is 5.73 Å². The molecule has 0 bridgehead atoms. The molecule has 0 saturated heterocycles. The van der Waals surface area contributed by atoms with Gasteiger partial charge in [-0.2, -0.15) is 0 Å². The molecule has 20 heavy (non-hydrogen) atoms. The van der Waals surface area contributed by atoms with Crippen LogP contribution in [0.25, 0.3) is 0 Å². The van der Waals surface area contributed by atoms with Crippen LogP contribution in [0.2, 0.25) is 0 Å². The highest BCUT2D eigenvalue weighted by Crippen LogP contribution is 2.16. The minimum atomic E-state index is -0.150. The molecule has 0 aliphatic rings. The lowest BCUT2D eigenvalue weighted by Crippen LogP contribution is -2.44. The molecule has 0 saturated carbocycles. The van der Waals surface area contributed by atoms with Crippen molar-refractivity contribution >= 4 is 11.6 Å². The Balaban J connectivity index is 2.63. The lowest BCUT2D eigenvalue weighted by atomic mass is 9.93. The van der Waals surface area contributed by atoms with Gasteiger partial charge in [-0.05, 0) is 32.1 Å². The molecule has 0 aliphatic heterocycles. The minimum absolute atomic E-state index is 0.150. The van der Waals surface area contributed by atoms with E-state index in [-0.39, 0.29) is 5.91 Å². The Labute approximate surface area is 121 Å². The van der Waals surface area contributed by atoms with Gasteiger partial charge in [-0.3, -0.25) is 4.79 Å². The van der Waals surface area contributed by atoms with E-state index in [9.17, 15) is 4.79 Å². The van der Waals surface area contributed by atoms with E-state index in [1.54, 1.807) is 12.1 Å². The molecular weight excluding hydrogens is 252 g/mol. The van der Waals surface area contributed by atoms with Crippen LogP contribution < -0.4 is 11.1 Å². The van der Waals surface area contributed by atoms with Crippen molar-refractivity contribution in [1.29, 1.82) is 0 Å². The molecular formula is C15H26N4O. The Morgan fingerprint density at radius 3 is 2.45 bits per heavy atom. The number of nitrogen functional groups attached to an aromatic ring is 1. The van der Waals surface area contributed by atoms with E-state index in [1.165, 1.54) is 6.20 Å². The SMILES string of the molecule is CCC(CC)C(CNC(=O)c1ccc(N)cn1)N(C)C. The fourth-order valence-corrected chi connectivity index (χ4v) is 2.43. The predicted molar refractivity (Wildman–Crippen MR) is 82.5 cm³/mol. The largest absolute Gasteiger partial charge is 0.397 e. The van der Waals surface area contributed by atoms with Crippen molar-refractivity contribution in [3.8, 4) is 0 Å². The molecule has 0 radical (unpaired) electrons. The number of hydrogen-bond donors (Lipinski definition) is 2. The van der Waals surface area contributed by atoms with Gasteiger partial charge in [0.2, 0.25) is 0 Å². The van der Waals surface area contributed by atoms with Gasteiger partial charge in [0, 0.05) is 12.6 Å². The molecule has 1 rings (SSSR count). The number of aromatic nitrogens is 1. The zero-order valence-electron chi connectivity index (χ0n) is 12.9. The first-order valence-corrected chi connectivity index (χ1v) is 7.15. The number of carbonyl (C=O) groups is 1. The topological polar surface area (TPSA) is 71.2 Å². The van der Waals surface area contributed by atoms with Gasteiger partial charge in [0.25, 0.3) is 5.91 Å². The van der Waals surface area contributed by atoms with Crippen LogP contribution in [0.4, 0.5) is 5.69 Å². The molecule has 0 fully saturated rings. The molecule has 112 valence electrons. The summed E-state index contributed by atoms with van der Waals surface area (Å²) in [5.41, 5.74) is 6.53. The predicted octanol–water partition coefficient (Wildman–Crippen LogP) is 1.76. The zero-order chi connectivity index (χ0) is 15.1. The molecule has 0 aliphatic carbocycles. The van der Waals surface area contributed by atoms with Crippen molar-refractivity contribution in [3.63, 3.8) is 0 Å². The number of likely N-dealkylation sites (N-methyl/N-ethyl adjacent to an activating group) is 1. The smallest absolute Gasteiger partial charge is 0.269 e. The summed E-state index contributed by atoms with van der Waals surface area (Å²) >= 11 is 0. The second-order valence-electron chi connectivity index (χ2n) is 5.29. The van der Waals surface area contributed by atoms with Crippen LogP contribution in [-0.4, -0.2) is 42.5 Å². The first-order chi connectivity index (χ1) is 9.49. The number of nitrogens with zero attached hydrogens (tertiary/aromatic N) is 2. The van der Waals surface area contributed by atoms with Crippen molar-refractivity contribution in [1.82, 2.24) is 15.2 Å². The third kappa shape index (κ3) is 4.49. The molecule has 1 aromatic rings. The molecule has 1 aromatic heterocycles. The molecule has 5 heteroatoms. The molecule has 1 amide bonds. The Morgan fingerprint density at radius 1 is 1.35 bits per heavy atom. The van der Waals surface area contributed by atoms with E-state index in [0.717, 1.165) is 12.8 Å². The number of rotatable bonds is 7. The standard InChI is InChI=1S/C15H26N4O/c1-5-11(6-2)14(19(3)4)10-18-15(20)13-8-7-12(16)9-17-13/h7-9,11,14H,5-6,10,16H2,1-4H3,(H,18,20). The van der Waals surface area contributed by atoms with E-state index < -0.39 is 0 Å². The molecule has 1 unspecified atom stereocenters. The van der Waals surface area contributed by atoms with Crippen molar-refractivity contribution in [2.75, 3.05) is 26.4 Å². The quantitative estimate of drug-likeness (QED) is 0.797. The summed E-state index contributed by atoms with van der Waals surface area (Å²) in [6, 6.07) is 3.67. The van der Waals surface area contributed by atoms with E-state index in [0.29, 0.717) is 29.9 Å². The second-order valence-corrected chi connectivity index (χ2v) is 5.29. The molecule has 1 atom stereocenters. The van der Waals surface area contributed by atoms with Gasteiger partial charge in [-0.25, -0.2) is 4.98 Å². The highest BCUT2D eigenvalue weighted by Gasteiger charge is 2.21. The summed E-state index contributed by atoms with van der Waals surface area (Å²) < 4.78 is 0. The fraction of sp³-hybridized carbons (Fsp3) is 0.600. The summed E-state index contributed by atoms with van der Waals surface area (Å²) in [6.07, 6.45) is 3.71. The summed E-state index contributed by atoms with van der Waals surface area (Å²) in [6.45, 7) is 5.01. The third-order valence-electron chi connectivity index (χ3n) is 3.75. The highest BCUT2D eigenvalue weighted by atomic mass is 16.1. The number of nitrogens with one attached hydrogen (secondary N) is 1. The first-order valence-electron chi connectivity index (χ1n) is 7.15. The summed E-state index contributed by atoms with van der Waals surface area (Å²) in [5.74, 6) is 0.424. The van der Waals surface area contributed by atoms with Gasteiger partial charge in [0.15, 0.2) is 0 Å². The molecule has 5 nitrogen and oxygen atoms in total. The van der Waals surface area contributed by atoms with Crippen LogP contribution in [0.3, 0.4) is 0 Å². The van der Waals surface area contributed by atoms with Gasteiger partial charge in [-0.1, -0.05) is 26.7 Å². The van der Waals surface area contributed by atoms with Crippen LogP contribution in [0.1, 0.15) is 37.2 Å². The Hall–Kier alpha value is -1.62. The van der Waals surface area contributed by atoms with E-state index >= 15 is 0 Å². The van der Waals surface area contributed by atoms with Crippen molar-refractivity contribution in [2.24, 2.45) is 5.92 Å². The maximum atomic E-state index is 12.0. The summed E-state index contributed by atoms with van der Waals surface area (Å²) in [7, 11) is 4.10. The number of carbonyl (C=O) groups excluding carboxylic acids is 1. The maximum Gasteiger partial charge on any atom is 0.269 e. The maximum absolute atomic E-state index is 12.0. The van der Waals surface area contributed by atoms with Gasteiger partial charge in [0.1, 0.15) is 5.69 Å². The van der Waals surface area contributed by atoms with Gasteiger partial charge in [0.05, 0.1) is 11.9 Å². The molecule has 0 spiro atoms. The van der Waals surface area contributed by atoms with Gasteiger partial charge >= 0.3 is 0 Å². The highest BCUT2D eigenvalue weighted by molar-refractivity contribution is 5.92. The Kier molecular flexibility index (Phi) is 6.45. The average molecular weight is 278 g/mol. The van der Waals surface area contributed by atoms with Gasteiger partial charge in [-0.15, -0.1) is 0 Å². The molecule has 1 heterocycles. The number of nitrogens with two attached hydrogens (primary N) is 1. The normalized spacial score (nSPS) is 12.7. The second kappa shape index (κ2) is 7.85. The number of hydrogen-bond acceptors (Lipinski definition) is 4. The first kappa shape index (κ1) is 16.4. The minimum Gasteiger partial charge on any atom is -0.397 e. The van der Waals surface area contributed by atoms with Gasteiger partial charge < -0.3 is 16.0 Å². The third-order valence-corrected chi connectivity index (χ3v) is 3.75. The summed E-state index contributed by atoms with van der Waals surface area (Å²) in [5, 5.41) is 2.97. The van der Waals surface area contributed by atoms with Crippen molar-refractivity contribution in [2.45, 2.75) is 32.7 Å². The fourth-order valence-electron chi connectivity index (χ4n) is 2.43. The van der Waals surface area contributed by atoms with E-state index in [2.05, 4.69) is 43.1 Å². The lowest BCUT2D eigenvalue weighted by molar-refractivity contribution is 0.0924. The number of amides is 1. The molecule has 3 N–H and O–H groups in total. The average Bonchev–Trinajstić information content (AvgIpc) is 2.43. The number of anilines is 1. The van der Waals surface area contributed by atoms with Crippen LogP contribution in [0.15, 0.2) is 18.3 Å². The van der Waals surface area contributed by atoms with Crippen LogP contribution >= 0.6 is 0 Å².